The Kier molecular flexibility index (Phi) is 4.28. The standard InChI is InChI=1S/C18H16O5/c1-12(19)14-3-5-15(6-4-14)23-18(20)11-13-2-7-16-17(10-13)22-9-8-21-16/h2-7,10H,8-9,11H2,1H3. The Morgan fingerprint density at radius 3 is 2.39 bits per heavy atom. The second kappa shape index (κ2) is 6.52. The summed E-state index contributed by atoms with van der Waals surface area (Å²) in [6, 6.07) is 11.9. The van der Waals surface area contributed by atoms with Crippen LogP contribution in [0.2, 0.25) is 0 Å². The van der Waals surface area contributed by atoms with Crippen molar-refractivity contribution in [3.8, 4) is 17.2 Å². The first-order valence-corrected chi connectivity index (χ1v) is 7.32. The molecule has 0 aromatic heterocycles. The number of rotatable bonds is 4. The number of ether oxygens (including phenoxy) is 3. The zero-order chi connectivity index (χ0) is 16.2. The fourth-order valence-corrected chi connectivity index (χ4v) is 2.29. The van der Waals surface area contributed by atoms with Crippen molar-refractivity contribution in [2.45, 2.75) is 13.3 Å². The molecule has 0 amide bonds. The zero-order valence-electron chi connectivity index (χ0n) is 12.7. The summed E-state index contributed by atoms with van der Waals surface area (Å²) in [4.78, 5) is 23.2. The molecule has 3 rings (SSSR count). The molecule has 1 heterocycles. The van der Waals surface area contributed by atoms with Gasteiger partial charge in [-0.2, -0.15) is 0 Å². The van der Waals surface area contributed by atoms with Gasteiger partial charge in [-0.05, 0) is 48.9 Å². The number of hydrogen-bond donors (Lipinski definition) is 0. The first kappa shape index (κ1) is 15.1. The average molecular weight is 312 g/mol. The molecule has 0 fully saturated rings. The van der Waals surface area contributed by atoms with Crippen LogP contribution in [0.25, 0.3) is 0 Å². The lowest BCUT2D eigenvalue weighted by Crippen LogP contribution is -2.16. The van der Waals surface area contributed by atoms with Crippen LogP contribution < -0.4 is 14.2 Å². The van der Waals surface area contributed by atoms with Crippen molar-refractivity contribution in [1.29, 1.82) is 0 Å². The summed E-state index contributed by atoms with van der Waals surface area (Å²) in [6.07, 6.45) is 0.130. The van der Waals surface area contributed by atoms with Crippen molar-refractivity contribution in [3.05, 3.63) is 53.6 Å². The third kappa shape index (κ3) is 3.69. The van der Waals surface area contributed by atoms with Gasteiger partial charge in [0, 0.05) is 5.56 Å². The molecule has 0 atom stereocenters. The molecule has 23 heavy (non-hydrogen) atoms. The molecule has 2 aromatic carbocycles. The van der Waals surface area contributed by atoms with E-state index in [-0.39, 0.29) is 18.2 Å². The van der Waals surface area contributed by atoms with Crippen molar-refractivity contribution in [3.63, 3.8) is 0 Å². The van der Waals surface area contributed by atoms with Crippen molar-refractivity contribution >= 4 is 11.8 Å². The van der Waals surface area contributed by atoms with Crippen LogP contribution in [0, 0.1) is 0 Å². The molecule has 0 aliphatic carbocycles. The van der Waals surface area contributed by atoms with Crippen molar-refractivity contribution in [2.75, 3.05) is 13.2 Å². The lowest BCUT2D eigenvalue weighted by molar-refractivity contribution is -0.133. The Morgan fingerprint density at radius 1 is 1.00 bits per heavy atom. The van der Waals surface area contributed by atoms with Crippen LogP contribution in [-0.4, -0.2) is 25.0 Å². The van der Waals surface area contributed by atoms with Gasteiger partial charge in [-0.25, -0.2) is 0 Å². The first-order chi connectivity index (χ1) is 11.1. The summed E-state index contributed by atoms with van der Waals surface area (Å²) >= 11 is 0. The highest BCUT2D eigenvalue weighted by atomic mass is 16.6. The molecular formula is C18H16O5. The molecule has 1 aliphatic heterocycles. The van der Waals surface area contributed by atoms with Gasteiger partial charge in [0.15, 0.2) is 17.3 Å². The molecule has 0 saturated heterocycles. The molecule has 0 radical (unpaired) electrons. The Labute approximate surface area is 133 Å². The van der Waals surface area contributed by atoms with E-state index in [1.54, 1.807) is 36.4 Å². The van der Waals surface area contributed by atoms with Crippen molar-refractivity contribution in [1.82, 2.24) is 0 Å². The maximum absolute atomic E-state index is 12.0. The maximum atomic E-state index is 12.0. The predicted molar refractivity (Wildman–Crippen MR) is 83.2 cm³/mol. The number of carbonyl (C=O) groups is 2. The Morgan fingerprint density at radius 2 is 1.70 bits per heavy atom. The summed E-state index contributed by atoms with van der Waals surface area (Å²) in [5.41, 5.74) is 1.37. The SMILES string of the molecule is CC(=O)c1ccc(OC(=O)Cc2ccc3c(c2)OCCO3)cc1. The van der Waals surface area contributed by atoms with Crippen molar-refractivity contribution in [2.24, 2.45) is 0 Å². The minimum absolute atomic E-state index is 0.0286. The molecule has 0 N–H and O–H groups in total. The van der Waals surface area contributed by atoms with E-state index in [0.717, 1.165) is 5.56 Å². The molecule has 0 saturated carbocycles. The van der Waals surface area contributed by atoms with E-state index in [1.807, 2.05) is 6.07 Å². The minimum Gasteiger partial charge on any atom is -0.486 e. The van der Waals surface area contributed by atoms with Crippen LogP contribution in [-0.2, 0) is 11.2 Å². The summed E-state index contributed by atoms with van der Waals surface area (Å²) in [7, 11) is 0. The summed E-state index contributed by atoms with van der Waals surface area (Å²) < 4.78 is 16.2. The van der Waals surface area contributed by atoms with E-state index >= 15 is 0 Å². The van der Waals surface area contributed by atoms with Gasteiger partial charge in [-0.1, -0.05) is 6.07 Å². The van der Waals surface area contributed by atoms with Gasteiger partial charge in [0.25, 0.3) is 0 Å². The van der Waals surface area contributed by atoms with Crippen LogP contribution in [0.4, 0.5) is 0 Å². The first-order valence-electron chi connectivity index (χ1n) is 7.32. The number of Topliss-reactive ketones (excluding diaryl/α,β-unsaturated/α-hetero) is 1. The number of carbonyl (C=O) groups excluding carboxylic acids is 2. The monoisotopic (exact) mass is 312 g/mol. The fourth-order valence-electron chi connectivity index (χ4n) is 2.29. The molecule has 5 heteroatoms. The van der Waals surface area contributed by atoms with Crippen LogP contribution >= 0.6 is 0 Å². The second-order valence-corrected chi connectivity index (χ2v) is 5.21. The summed E-state index contributed by atoms with van der Waals surface area (Å²) in [5.74, 6) is 1.34. The Bertz CT molecular complexity index is 734. The van der Waals surface area contributed by atoms with Gasteiger partial charge in [0.1, 0.15) is 19.0 Å². The highest BCUT2D eigenvalue weighted by Crippen LogP contribution is 2.31. The van der Waals surface area contributed by atoms with Crippen LogP contribution in [0.1, 0.15) is 22.8 Å². The smallest absolute Gasteiger partial charge is 0.315 e. The number of benzene rings is 2. The highest BCUT2D eigenvalue weighted by Gasteiger charge is 2.14. The molecule has 118 valence electrons. The molecule has 2 aromatic rings. The summed E-state index contributed by atoms with van der Waals surface area (Å²) in [5, 5.41) is 0. The highest BCUT2D eigenvalue weighted by molar-refractivity contribution is 5.94. The van der Waals surface area contributed by atoms with Gasteiger partial charge < -0.3 is 14.2 Å². The lowest BCUT2D eigenvalue weighted by Gasteiger charge is -2.18. The average Bonchev–Trinajstić information content (AvgIpc) is 2.55. The van der Waals surface area contributed by atoms with Gasteiger partial charge in [0.2, 0.25) is 0 Å². The number of ketones is 1. The van der Waals surface area contributed by atoms with E-state index in [1.165, 1.54) is 6.92 Å². The van der Waals surface area contributed by atoms with Crippen LogP contribution in [0.5, 0.6) is 17.2 Å². The number of fused-ring (bicyclic) bond motifs is 1. The minimum atomic E-state index is -0.378. The molecule has 0 bridgehead atoms. The van der Waals surface area contributed by atoms with E-state index in [4.69, 9.17) is 14.2 Å². The quantitative estimate of drug-likeness (QED) is 0.493. The predicted octanol–water partition coefficient (Wildman–Crippen LogP) is 2.81. The zero-order valence-corrected chi connectivity index (χ0v) is 12.7. The topological polar surface area (TPSA) is 61.8 Å². The molecule has 1 aliphatic rings. The Balaban J connectivity index is 1.64. The van der Waals surface area contributed by atoms with Crippen LogP contribution in [0.3, 0.4) is 0 Å². The van der Waals surface area contributed by atoms with Gasteiger partial charge in [0.05, 0.1) is 6.42 Å². The van der Waals surface area contributed by atoms with E-state index in [2.05, 4.69) is 0 Å². The molecular weight excluding hydrogens is 296 g/mol. The molecule has 5 nitrogen and oxygen atoms in total. The number of esters is 1. The van der Waals surface area contributed by atoms with E-state index in [9.17, 15) is 9.59 Å². The van der Waals surface area contributed by atoms with Gasteiger partial charge in [-0.3, -0.25) is 9.59 Å². The molecule has 0 unspecified atom stereocenters. The largest absolute Gasteiger partial charge is 0.486 e. The van der Waals surface area contributed by atoms with Gasteiger partial charge >= 0.3 is 5.97 Å². The van der Waals surface area contributed by atoms with E-state index in [0.29, 0.717) is 36.0 Å². The van der Waals surface area contributed by atoms with Gasteiger partial charge in [-0.15, -0.1) is 0 Å². The lowest BCUT2D eigenvalue weighted by atomic mass is 10.1. The third-order valence-electron chi connectivity index (χ3n) is 3.45. The third-order valence-corrected chi connectivity index (χ3v) is 3.45. The normalized spacial score (nSPS) is 12.6. The fraction of sp³-hybridized carbons (Fsp3) is 0.222. The van der Waals surface area contributed by atoms with Crippen molar-refractivity contribution < 1.29 is 23.8 Å². The maximum Gasteiger partial charge on any atom is 0.315 e. The molecule has 0 spiro atoms. The number of hydrogen-bond acceptors (Lipinski definition) is 5. The van der Waals surface area contributed by atoms with E-state index < -0.39 is 0 Å². The summed E-state index contributed by atoms with van der Waals surface area (Å²) in [6.45, 7) is 2.52. The Hall–Kier alpha value is -2.82. The van der Waals surface area contributed by atoms with Crippen LogP contribution in [0.15, 0.2) is 42.5 Å². The second-order valence-electron chi connectivity index (χ2n) is 5.21.